The molecule has 1 aromatic carbocycles. The van der Waals surface area contributed by atoms with Gasteiger partial charge < -0.3 is 4.42 Å². The molecule has 0 radical (unpaired) electrons. The van der Waals surface area contributed by atoms with E-state index in [2.05, 4.69) is 9.97 Å². The summed E-state index contributed by atoms with van der Waals surface area (Å²) >= 11 is 0. The van der Waals surface area contributed by atoms with Crippen molar-refractivity contribution in [3.8, 4) is 0 Å². The van der Waals surface area contributed by atoms with E-state index >= 15 is 0 Å². The molecule has 0 amide bonds. The lowest BCUT2D eigenvalue weighted by molar-refractivity contribution is -0.145. The van der Waals surface area contributed by atoms with Gasteiger partial charge in [-0.1, -0.05) is 11.6 Å². The molecule has 0 unspecified atom stereocenters. The van der Waals surface area contributed by atoms with Crippen molar-refractivity contribution >= 4 is 11.0 Å². The van der Waals surface area contributed by atoms with E-state index in [1.165, 1.54) is 12.5 Å². The van der Waals surface area contributed by atoms with E-state index < -0.39 is 12.0 Å². The molecule has 140 valence electrons. The molecule has 0 atom stereocenters. The van der Waals surface area contributed by atoms with Crippen molar-refractivity contribution in [3.05, 3.63) is 69.1 Å². The SMILES string of the molecule is Cc1ccc2occ(CN3CCc4nc(C(F)(F)F)ncc4C3)c(=O)c2c1. The fourth-order valence-electron chi connectivity index (χ4n) is 3.28. The zero-order valence-corrected chi connectivity index (χ0v) is 14.5. The van der Waals surface area contributed by atoms with Crippen molar-refractivity contribution in [1.82, 2.24) is 14.9 Å². The van der Waals surface area contributed by atoms with Crippen LogP contribution in [-0.4, -0.2) is 21.4 Å². The van der Waals surface area contributed by atoms with Gasteiger partial charge in [0, 0.05) is 43.4 Å². The summed E-state index contributed by atoms with van der Waals surface area (Å²) < 4.78 is 43.8. The average molecular weight is 375 g/mol. The first kappa shape index (κ1) is 17.7. The van der Waals surface area contributed by atoms with Gasteiger partial charge >= 0.3 is 6.18 Å². The van der Waals surface area contributed by atoms with Crippen molar-refractivity contribution in [3.63, 3.8) is 0 Å². The molecule has 0 spiro atoms. The van der Waals surface area contributed by atoms with E-state index in [0.29, 0.717) is 53.8 Å². The van der Waals surface area contributed by atoms with Gasteiger partial charge in [-0.3, -0.25) is 9.69 Å². The Morgan fingerprint density at radius 3 is 2.89 bits per heavy atom. The van der Waals surface area contributed by atoms with Crippen LogP contribution in [0.5, 0.6) is 0 Å². The topological polar surface area (TPSA) is 59.2 Å². The lowest BCUT2D eigenvalue weighted by atomic mass is 10.1. The van der Waals surface area contributed by atoms with Crippen molar-refractivity contribution in [2.75, 3.05) is 6.54 Å². The molecule has 0 fully saturated rings. The van der Waals surface area contributed by atoms with E-state index in [4.69, 9.17) is 4.42 Å². The first-order chi connectivity index (χ1) is 12.8. The van der Waals surface area contributed by atoms with Crippen LogP contribution in [0, 0.1) is 6.92 Å². The predicted octanol–water partition coefficient (Wildman–Crippen LogP) is 3.47. The molecule has 0 aliphatic carbocycles. The highest BCUT2D eigenvalue weighted by molar-refractivity contribution is 5.77. The molecule has 8 heteroatoms. The highest BCUT2D eigenvalue weighted by atomic mass is 19.4. The molecule has 1 aliphatic rings. The monoisotopic (exact) mass is 375 g/mol. The van der Waals surface area contributed by atoms with E-state index in [1.807, 2.05) is 17.9 Å². The van der Waals surface area contributed by atoms with Gasteiger partial charge in [0.15, 0.2) is 5.43 Å². The molecule has 2 aromatic heterocycles. The summed E-state index contributed by atoms with van der Waals surface area (Å²) in [7, 11) is 0. The lowest BCUT2D eigenvalue weighted by Crippen LogP contribution is -2.33. The average Bonchev–Trinajstić information content (AvgIpc) is 2.63. The van der Waals surface area contributed by atoms with Gasteiger partial charge in [0.05, 0.1) is 17.3 Å². The predicted molar refractivity (Wildman–Crippen MR) is 92.1 cm³/mol. The number of rotatable bonds is 2. The number of hydrogen-bond acceptors (Lipinski definition) is 5. The first-order valence-corrected chi connectivity index (χ1v) is 8.46. The Morgan fingerprint density at radius 1 is 1.30 bits per heavy atom. The molecular weight excluding hydrogens is 359 g/mol. The zero-order chi connectivity index (χ0) is 19.2. The maximum absolute atomic E-state index is 12.7. The standard InChI is InChI=1S/C19H16F3N3O2/c1-11-2-3-16-14(6-11)17(26)13(10-27-16)9-25-5-4-15-12(8-25)7-23-18(24-15)19(20,21)22/h2-3,6-7,10H,4-5,8-9H2,1H3. The minimum absolute atomic E-state index is 0.0885. The fourth-order valence-corrected chi connectivity index (χ4v) is 3.28. The van der Waals surface area contributed by atoms with Crippen molar-refractivity contribution < 1.29 is 17.6 Å². The minimum atomic E-state index is -4.55. The summed E-state index contributed by atoms with van der Waals surface area (Å²) in [5.74, 6) is -1.11. The van der Waals surface area contributed by atoms with Gasteiger partial charge in [0.2, 0.25) is 5.82 Å². The summed E-state index contributed by atoms with van der Waals surface area (Å²) in [4.78, 5) is 21.8. The third-order valence-electron chi connectivity index (χ3n) is 4.66. The molecule has 3 aromatic rings. The molecule has 4 rings (SSSR count). The highest BCUT2D eigenvalue weighted by Crippen LogP contribution is 2.28. The summed E-state index contributed by atoms with van der Waals surface area (Å²) in [5.41, 5.74) is 2.99. The second-order valence-corrected chi connectivity index (χ2v) is 6.71. The van der Waals surface area contributed by atoms with Crippen molar-refractivity contribution in [2.45, 2.75) is 32.6 Å². The van der Waals surface area contributed by atoms with E-state index in [0.717, 1.165) is 5.56 Å². The number of benzene rings is 1. The maximum Gasteiger partial charge on any atom is 0.451 e. The number of alkyl halides is 3. The van der Waals surface area contributed by atoms with Crippen LogP contribution in [0.3, 0.4) is 0 Å². The first-order valence-electron chi connectivity index (χ1n) is 8.46. The van der Waals surface area contributed by atoms with Gasteiger partial charge in [-0.2, -0.15) is 13.2 Å². The van der Waals surface area contributed by atoms with Crippen LogP contribution in [0.1, 0.15) is 28.2 Å². The number of halogens is 3. The summed E-state index contributed by atoms with van der Waals surface area (Å²) in [5, 5.41) is 0.531. The zero-order valence-electron chi connectivity index (χ0n) is 14.5. The Labute approximate surface area is 152 Å². The Kier molecular flexibility index (Phi) is 4.22. The maximum atomic E-state index is 12.7. The quantitative estimate of drug-likeness (QED) is 0.687. The summed E-state index contributed by atoms with van der Waals surface area (Å²) in [6.45, 7) is 3.15. The summed E-state index contributed by atoms with van der Waals surface area (Å²) in [6.07, 6.45) is -1.49. The van der Waals surface area contributed by atoms with Gasteiger partial charge in [0.1, 0.15) is 5.58 Å². The molecular formula is C19H16F3N3O2. The Balaban J connectivity index is 1.58. The molecule has 5 nitrogen and oxygen atoms in total. The van der Waals surface area contributed by atoms with Gasteiger partial charge in [-0.05, 0) is 19.1 Å². The smallest absolute Gasteiger partial charge is 0.451 e. The molecule has 1 aliphatic heterocycles. The number of aromatic nitrogens is 2. The number of fused-ring (bicyclic) bond motifs is 2. The highest BCUT2D eigenvalue weighted by Gasteiger charge is 2.35. The van der Waals surface area contributed by atoms with Crippen LogP contribution in [0.4, 0.5) is 13.2 Å². The van der Waals surface area contributed by atoms with Crippen LogP contribution in [-0.2, 0) is 25.7 Å². The van der Waals surface area contributed by atoms with Crippen LogP contribution in [0.15, 0.2) is 39.9 Å². The molecule has 0 N–H and O–H groups in total. The van der Waals surface area contributed by atoms with Gasteiger partial charge in [-0.15, -0.1) is 0 Å². The number of nitrogens with zero attached hydrogens (tertiary/aromatic N) is 3. The van der Waals surface area contributed by atoms with E-state index in [1.54, 1.807) is 12.1 Å². The third-order valence-corrected chi connectivity index (χ3v) is 4.66. The molecule has 3 heterocycles. The van der Waals surface area contributed by atoms with Crippen LogP contribution in [0.25, 0.3) is 11.0 Å². The van der Waals surface area contributed by atoms with Crippen molar-refractivity contribution in [1.29, 1.82) is 0 Å². The lowest BCUT2D eigenvalue weighted by Gasteiger charge is -2.27. The molecule has 0 saturated carbocycles. The third kappa shape index (κ3) is 3.44. The number of hydrogen-bond donors (Lipinski definition) is 0. The Hall–Kier alpha value is -2.74. The van der Waals surface area contributed by atoms with Crippen LogP contribution < -0.4 is 5.43 Å². The normalized spacial score (nSPS) is 15.1. The van der Waals surface area contributed by atoms with Crippen molar-refractivity contribution in [2.24, 2.45) is 0 Å². The molecule has 27 heavy (non-hydrogen) atoms. The van der Waals surface area contributed by atoms with Crippen LogP contribution in [0.2, 0.25) is 0 Å². The second-order valence-electron chi connectivity index (χ2n) is 6.71. The fraction of sp³-hybridized carbons (Fsp3) is 0.316. The second kappa shape index (κ2) is 6.45. The Bertz CT molecular complexity index is 1080. The molecule has 0 saturated heterocycles. The van der Waals surface area contributed by atoms with Gasteiger partial charge in [-0.25, -0.2) is 9.97 Å². The largest absolute Gasteiger partial charge is 0.464 e. The van der Waals surface area contributed by atoms with E-state index in [9.17, 15) is 18.0 Å². The number of aryl methyl sites for hydroxylation is 1. The van der Waals surface area contributed by atoms with Crippen LogP contribution >= 0.6 is 0 Å². The van der Waals surface area contributed by atoms with E-state index in [-0.39, 0.29) is 5.43 Å². The minimum Gasteiger partial charge on any atom is -0.464 e. The van der Waals surface area contributed by atoms with Gasteiger partial charge in [0.25, 0.3) is 0 Å². The molecule has 0 bridgehead atoms. The summed E-state index contributed by atoms with van der Waals surface area (Å²) in [6, 6.07) is 5.44. The Morgan fingerprint density at radius 2 is 2.11 bits per heavy atom.